The van der Waals surface area contributed by atoms with Gasteiger partial charge in [-0.3, -0.25) is 4.90 Å². The molecule has 1 saturated heterocycles. The van der Waals surface area contributed by atoms with Gasteiger partial charge >= 0.3 is 0 Å². The summed E-state index contributed by atoms with van der Waals surface area (Å²) in [5, 5.41) is 1.37. The number of likely N-dealkylation sites (N-methyl/N-ethyl adjacent to an activating group) is 1. The van der Waals surface area contributed by atoms with E-state index in [1.807, 2.05) is 0 Å². The van der Waals surface area contributed by atoms with Crippen molar-refractivity contribution in [1.82, 2.24) is 10.2 Å². The van der Waals surface area contributed by atoms with Crippen molar-refractivity contribution in [3.05, 3.63) is 0 Å². The van der Waals surface area contributed by atoms with Gasteiger partial charge in [-0.25, -0.2) is 0 Å². The minimum absolute atomic E-state index is 0.803. The van der Waals surface area contributed by atoms with Crippen molar-refractivity contribution in [3.63, 3.8) is 0 Å². The van der Waals surface area contributed by atoms with E-state index < -0.39 is 57.0 Å². The Kier molecular flexibility index (Phi) is 0.365. The quantitative estimate of drug-likeness (QED) is 0.605. The first kappa shape index (κ1) is 1.09. The molecule has 0 bridgehead atoms. The fraction of sp³-hybridized carbons (Fsp3) is 1.00. The van der Waals surface area contributed by atoms with Crippen molar-refractivity contribution >= 4 is 0 Å². The molecule has 60 valence electrons. The molecule has 0 amide bonds. The number of rotatable bonds is 1. The second-order valence-corrected chi connectivity index (χ2v) is 1.53. The van der Waals surface area contributed by atoms with Crippen LogP contribution >= 0.6 is 0 Å². The summed E-state index contributed by atoms with van der Waals surface area (Å²) in [6, 6.07) is -7.66. The van der Waals surface area contributed by atoms with Crippen molar-refractivity contribution in [3.8, 4) is 0 Å². The summed E-state index contributed by atoms with van der Waals surface area (Å²) in [6.07, 6.45) is 0. The van der Waals surface area contributed by atoms with Gasteiger partial charge in [-0.15, -0.1) is 0 Å². The highest BCUT2D eigenvalue weighted by Crippen LogP contribution is 2.04. The van der Waals surface area contributed by atoms with E-state index in [9.17, 15) is 0 Å². The minimum Gasteiger partial charge on any atom is -0.311 e. The average molecular weight is 159 g/mol. The van der Waals surface area contributed by atoms with Crippen LogP contribution in [0.4, 0.5) is 0 Å². The topological polar surface area (TPSA) is 15.3 Å². The van der Waals surface area contributed by atoms with Crippen molar-refractivity contribution < 1.29 is 23.3 Å². The summed E-state index contributed by atoms with van der Waals surface area (Å²) < 4.78 is 130. The second kappa shape index (κ2) is 3.35. The minimum atomic E-state index is -4.03. The van der Waals surface area contributed by atoms with Crippen molar-refractivity contribution in [2.45, 2.75) is 32.6 Å². The molecule has 10 heavy (non-hydrogen) atoms. The third kappa shape index (κ3) is 1.70. The Bertz CT molecular complexity index is 585. The first-order valence-corrected chi connectivity index (χ1v) is 2.42. The average Bonchev–Trinajstić information content (AvgIpc) is 2.31. The lowest BCUT2D eigenvalue weighted by Crippen LogP contribution is -2.53. The van der Waals surface area contributed by atoms with Gasteiger partial charge in [-0.05, 0) is 20.2 Å². The Morgan fingerprint density at radius 3 is 3.70 bits per heavy atom. The fourth-order valence-electron chi connectivity index (χ4n) is 0.457. The van der Waals surface area contributed by atoms with Gasteiger partial charge in [0, 0.05) is 48.3 Å². The summed E-state index contributed by atoms with van der Waals surface area (Å²) in [5.74, 6) is 0. The third-order valence-corrected chi connectivity index (χ3v) is 0.865. The lowest BCUT2D eigenvalue weighted by atomic mass is 10.1. The van der Waals surface area contributed by atoms with E-state index in [0.29, 0.717) is 0 Å². The predicted octanol–water partition coefficient (Wildman–Crippen LogP) is 0.688. The fourth-order valence-corrected chi connectivity index (χ4v) is 0.457. The molecule has 2 heteroatoms. The Labute approximate surface area is 87.5 Å². The van der Waals surface area contributed by atoms with E-state index in [2.05, 4.69) is 0 Å². The molecule has 0 aromatic carbocycles. The van der Waals surface area contributed by atoms with Gasteiger partial charge in [0.15, 0.2) is 0 Å². The van der Waals surface area contributed by atoms with Crippen molar-refractivity contribution in [1.29, 1.82) is 0 Å². The standard InChI is InChI=1S/C8H18N2/c1-4-10-6-7(2)9-5-8(10)3/h7-9H,4-6H2,1-3H3/i1D3,2D3,3D3,4D2,5D2,6D2,7D,8D. The van der Waals surface area contributed by atoms with Crippen LogP contribution in [0.25, 0.3) is 0 Å². The molecule has 1 rings (SSSR count). The smallest absolute Gasteiger partial charge is 0.0478 e. The van der Waals surface area contributed by atoms with Crippen molar-refractivity contribution in [2.24, 2.45) is 0 Å². The number of piperazine rings is 1. The Morgan fingerprint density at radius 1 is 2.00 bits per heavy atom. The molecule has 1 aliphatic rings. The van der Waals surface area contributed by atoms with E-state index in [0.717, 1.165) is 0 Å². The van der Waals surface area contributed by atoms with Crippen LogP contribution in [-0.2, 0) is 0 Å². The number of hydrogen-bond acceptors (Lipinski definition) is 2. The summed E-state index contributed by atoms with van der Waals surface area (Å²) in [6.45, 7) is -23.1. The molecule has 1 heterocycles. The monoisotopic (exact) mass is 159 g/mol. The number of nitrogens with one attached hydrogen (secondary N) is 1. The van der Waals surface area contributed by atoms with E-state index in [-0.39, 0.29) is 0 Å². The summed E-state index contributed by atoms with van der Waals surface area (Å²) in [4.78, 5) is -0.803. The highest BCUT2D eigenvalue weighted by atomic mass is 15.2. The molecule has 0 spiro atoms. The van der Waals surface area contributed by atoms with Crippen LogP contribution in [0.2, 0.25) is 0 Å². The third-order valence-electron chi connectivity index (χ3n) is 0.865. The van der Waals surface area contributed by atoms with Crippen molar-refractivity contribution in [2.75, 3.05) is 19.5 Å². The molecular weight excluding hydrogens is 124 g/mol. The van der Waals surface area contributed by atoms with Gasteiger partial charge in [-0.2, -0.15) is 0 Å². The highest BCUT2D eigenvalue weighted by Gasteiger charge is 2.19. The van der Waals surface area contributed by atoms with Crippen LogP contribution in [0, 0.1) is 0 Å². The molecule has 1 fully saturated rings. The molecule has 2 unspecified atom stereocenters. The zero-order chi connectivity index (χ0) is 22.3. The molecule has 2 nitrogen and oxygen atoms in total. The molecule has 0 aromatic rings. The van der Waals surface area contributed by atoms with Gasteiger partial charge in [0.25, 0.3) is 0 Å². The van der Waals surface area contributed by atoms with Crippen LogP contribution in [0.15, 0.2) is 0 Å². The molecular formula is C8H18N2. The predicted molar refractivity (Wildman–Crippen MR) is 44.2 cm³/mol. The van der Waals surface area contributed by atoms with E-state index in [1.54, 1.807) is 0 Å². The van der Waals surface area contributed by atoms with Gasteiger partial charge in [0.2, 0.25) is 0 Å². The summed E-state index contributed by atoms with van der Waals surface area (Å²) in [5.41, 5.74) is 0. The zero-order valence-corrected chi connectivity index (χ0v) is 4.95. The summed E-state index contributed by atoms with van der Waals surface area (Å²) >= 11 is 0. The van der Waals surface area contributed by atoms with Gasteiger partial charge < -0.3 is 5.32 Å². The van der Waals surface area contributed by atoms with Gasteiger partial charge in [0.1, 0.15) is 0 Å². The van der Waals surface area contributed by atoms with Gasteiger partial charge in [0.05, 0.1) is 0 Å². The molecule has 0 saturated carbocycles. The summed E-state index contributed by atoms with van der Waals surface area (Å²) in [7, 11) is 0. The maximum absolute atomic E-state index is 8.13. The molecule has 0 aromatic heterocycles. The Balaban J connectivity index is 4.07. The molecule has 1 N–H and O–H groups in total. The molecule has 0 radical (unpaired) electrons. The van der Waals surface area contributed by atoms with Gasteiger partial charge in [-0.1, -0.05) is 6.85 Å². The molecule has 1 aliphatic heterocycles. The number of nitrogens with zero attached hydrogens (tertiary/aromatic N) is 1. The highest BCUT2D eigenvalue weighted by molar-refractivity contribution is 4.79. The van der Waals surface area contributed by atoms with E-state index in [4.69, 9.17) is 23.3 Å². The second-order valence-electron chi connectivity index (χ2n) is 1.53. The first-order valence-electron chi connectivity index (χ1n) is 10.9. The SMILES string of the molecule is [2H]C([2H])([2H])C([2H])([2H])N1C([2H])([2H])C([2H])(C([2H])([2H])[2H])NC([2H])([2H])C1([2H])C([2H])([2H])[2H]. The Morgan fingerprint density at radius 2 is 3.00 bits per heavy atom. The zero-order valence-electron chi connectivity index (χ0n) is 21.9. The van der Waals surface area contributed by atoms with Crippen LogP contribution in [0.5, 0.6) is 0 Å². The Hall–Kier alpha value is -0.0800. The largest absolute Gasteiger partial charge is 0.311 e. The lowest BCUT2D eigenvalue weighted by Gasteiger charge is -2.36. The van der Waals surface area contributed by atoms with E-state index in [1.165, 1.54) is 5.32 Å². The van der Waals surface area contributed by atoms with E-state index >= 15 is 0 Å². The first-order chi connectivity index (χ1) is 11.3. The molecule has 0 aliphatic carbocycles. The van der Waals surface area contributed by atoms with Crippen LogP contribution in [-0.4, -0.2) is 36.4 Å². The van der Waals surface area contributed by atoms with Crippen LogP contribution in [0.3, 0.4) is 0 Å². The maximum Gasteiger partial charge on any atom is 0.0478 e. The van der Waals surface area contributed by atoms with Crippen LogP contribution in [0.1, 0.15) is 43.9 Å². The maximum atomic E-state index is 8.13. The lowest BCUT2D eigenvalue weighted by molar-refractivity contribution is 0.154. The normalized spacial score (nSPS) is 91.4. The van der Waals surface area contributed by atoms with Crippen LogP contribution < -0.4 is 5.32 Å². The number of hydrogen-bond donors (Lipinski definition) is 1. The molecule has 2 atom stereocenters.